The van der Waals surface area contributed by atoms with E-state index < -0.39 is 0 Å². The normalized spacial score (nSPS) is 15.7. The van der Waals surface area contributed by atoms with Crippen molar-refractivity contribution in [1.82, 2.24) is 19.5 Å². The van der Waals surface area contributed by atoms with E-state index in [1.165, 1.54) is 11.3 Å². The Bertz CT molecular complexity index is 1220. The summed E-state index contributed by atoms with van der Waals surface area (Å²) in [5.74, 6) is -0.155. The molecule has 0 saturated carbocycles. The number of aromatic nitrogens is 4. The largest absolute Gasteiger partial charge is 0.362 e. The number of amides is 1. The standard InChI is InChI=1S/C25H26N6OS/c1-2-19-7-8-20(15-27-19)31-14-4-5-22(31)21-17-33-25(28-21)29-24(32)23-6-3-13-30(23)16-18-9-11-26-12-10-18/h3,6-13,15,17,22H,2,4-5,14,16H2,1H3,(H,28,29,32)/t22-/m1/s1. The van der Waals surface area contributed by atoms with Crippen LogP contribution in [0.1, 0.15) is 53.2 Å². The van der Waals surface area contributed by atoms with Gasteiger partial charge in [0.2, 0.25) is 0 Å². The van der Waals surface area contributed by atoms with Crippen molar-refractivity contribution < 1.29 is 4.79 Å². The molecule has 0 radical (unpaired) electrons. The van der Waals surface area contributed by atoms with Crippen molar-refractivity contribution in [2.75, 3.05) is 16.8 Å². The molecule has 0 spiro atoms. The number of pyridine rings is 2. The lowest BCUT2D eigenvalue weighted by atomic mass is 10.1. The van der Waals surface area contributed by atoms with E-state index in [2.05, 4.69) is 44.6 Å². The number of nitrogens with one attached hydrogen (secondary N) is 1. The third kappa shape index (κ3) is 4.66. The molecule has 0 bridgehead atoms. The second kappa shape index (κ2) is 9.54. The Balaban J connectivity index is 1.28. The molecule has 1 aliphatic heterocycles. The number of thiazole rings is 1. The van der Waals surface area contributed by atoms with Gasteiger partial charge in [-0.3, -0.25) is 20.1 Å². The van der Waals surface area contributed by atoms with Crippen LogP contribution < -0.4 is 10.2 Å². The zero-order chi connectivity index (χ0) is 22.6. The van der Waals surface area contributed by atoms with Crippen LogP contribution in [-0.4, -0.2) is 32.0 Å². The molecule has 4 aromatic heterocycles. The van der Waals surface area contributed by atoms with Gasteiger partial charge in [-0.05, 0) is 61.2 Å². The second-order valence-electron chi connectivity index (χ2n) is 8.12. The van der Waals surface area contributed by atoms with Crippen LogP contribution in [0.2, 0.25) is 0 Å². The number of hydrogen-bond donors (Lipinski definition) is 1. The van der Waals surface area contributed by atoms with Gasteiger partial charge >= 0.3 is 0 Å². The van der Waals surface area contributed by atoms with Gasteiger partial charge in [-0.25, -0.2) is 4.98 Å². The third-order valence-electron chi connectivity index (χ3n) is 6.00. The van der Waals surface area contributed by atoms with Crippen molar-refractivity contribution in [3.05, 3.63) is 89.2 Å². The molecule has 33 heavy (non-hydrogen) atoms. The first kappa shape index (κ1) is 21.3. The Labute approximate surface area is 197 Å². The fourth-order valence-corrected chi connectivity index (χ4v) is 5.03. The van der Waals surface area contributed by atoms with Crippen molar-refractivity contribution in [1.29, 1.82) is 0 Å². The van der Waals surface area contributed by atoms with Gasteiger partial charge in [-0.15, -0.1) is 11.3 Å². The van der Waals surface area contributed by atoms with Crippen molar-refractivity contribution in [2.24, 2.45) is 0 Å². The molecule has 1 fully saturated rings. The van der Waals surface area contributed by atoms with Crippen molar-refractivity contribution in [3.8, 4) is 0 Å². The highest BCUT2D eigenvalue weighted by atomic mass is 32.1. The van der Waals surface area contributed by atoms with Gasteiger partial charge < -0.3 is 9.47 Å². The summed E-state index contributed by atoms with van der Waals surface area (Å²) in [6.45, 7) is 3.71. The van der Waals surface area contributed by atoms with Crippen molar-refractivity contribution >= 4 is 28.1 Å². The predicted molar refractivity (Wildman–Crippen MR) is 131 cm³/mol. The first-order chi connectivity index (χ1) is 16.2. The summed E-state index contributed by atoms with van der Waals surface area (Å²) in [5, 5.41) is 5.67. The van der Waals surface area contributed by atoms with Crippen LogP contribution >= 0.6 is 11.3 Å². The maximum atomic E-state index is 13.0. The highest BCUT2D eigenvalue weighted by molar-refractivity contribution is 7.14. The summed E-state index contributed by atoms with van der Waals surface area (Å²) in [4.78, 5) is 28.7. The van der Waals surface area contributed by atoms with E-state index in [0.717, 1.165) is 48.4 Å². The van der Waals surface area contributed by atoms with Gasteiger partial charge in [0.15, 0.2) is 5.13 Å². The Hall–Kier alpha value is -3.52. The average Bonchev–Trinajstić information content (AvgIpc) is 3.60. The van der Waals surface area contributed by atoms with Gasteiger partial charge in [-0.2, -0.15) is 0 Å². The van der Waals surface area contributed by atoms with E-state index in [9.17, 15) is 4.79 Å². The number of carbonyl (C=O) groups excluding carboxylic acids is 1. The molecule has 0 aliphatic carbocycles. The van der Waals surface area contributed by atoms with E-state index in [4.69, 9.17) is 4.98 Å². The molecule has 1 amide bonds. The Morgan fingerprint density at radius 3 is 2.88 bits per heavy atom. The summed E-state index contributed by atoms with van der Waals surface area (Å²) in [7, 11) is 0. The fraction of sp³-hybridized carbons (Fsp3) is 0.280. The predicted octanol–water partition coefficient (Wildman–Crippen LogP) is 4.94. The molecule has 5 rings (SSSR count). The number of aryl methyl sites for hydroxylation is 1. The quantitative estimate of drug-likeness (QED) is 0.425. The Morgan fingerprint density at radius 1 is 1.21 bits per heavy atom. The number of anilines is 2. The molecule has 168 valence electrons. The Morgan fingerprint density at radius 2 is 2.09 bits per heavy atom. The smallest absolute Gasteiger partial charge is 0.274 e. The summed E-state index contributed by atoms with van der Waals surface area (Å²) in [6.07, 6.45) is 10.5. The number of rotatable bonds is 7. The lowest BCUT2D eigenvalue weighted by Gasteiger charge is -2.25. The van der Waals surface area contributed by atoms with Crippen LogP contribution in [0.5, 0.6) is 0 Å². The van der Waals surface area contributed by atoms with E-state index in [1.807, 2.05) is 41.2 Å². The van der Waals surface area contributed by atoms with Gasteiger partial charge in [0.1, 0.15) is 5.69 Å². The van der Waals surface area contributed by atoms with E-state index in [0.29, 0.717) is 17.4 Å². The van der Waals surface area contributed by atoms with Gasteiger partial charge in [0.25, 0.3) is 5.91 Å². The molecule has 5 heterocycles. The van der Waals surface area contributed by atoms with E-state index in [1.54, 1.807) is 12.4 Å². The van der Waals surface area contributed by atoms with Crippen molar-refractivity contribution in [2.45, 2.75) is 38.8 Å². The topological polar surface area (TPSA) is 75.9 Å². The van der Waals surface area contributed by atoms with Crippen LogP contribution in [0.15, 0.2) is 66.6 Å². The van der Waals surface area contributed by atoms with Crippen LogP contribution in [0.25, 0.3) is 0 Å². The monoisotopic (exact) mass is 458 g/mol. The number of carbonyl (C=O) groups is 1. The average molecular weight is 459 g/mol. The van der Waals surface area contributed by atoms with Crippen LogP contribution in [0, 0.1) is 0 Å². The molecule has 1 N–H and O–H groups in total. The lowest BCUT2D eigenvalue weighted by molar-refractivity contribution is 0.101. The molecular weight excluding hydrogens is 432 g/mol. The minimum absolute atomic E-state index is 0.155. The van der Waals surface area contributed by atoms with Gasteiger partial charge in [0.05, 0.1) is 23.6 Å². The molecule has 8 heteroatoms. The van der Waals surface area contributed by atoms with Gasteiger partial charge in [0, 0.05) is 42.8 Å². The van der Waals surface area contributed by atoms with Crippen LogP contribution in [0.3, 0.4) is 0 Å². The Kier molecular flexibility index (Phi) is 6.17. The van der Waals surface area contributed by atoms with E-state index >= 15 is 0 Å². The molecule has 7 nitrogen and oxygen atoms in total. The zero-order valence-electron chi connectivity index (χ0n) is 18.5. The fourth-order valence-electron chi connectivity index (χ4n) is 4.28. The molecule has 1 aliphatic rings. The van der Waals surface area contributed by atoms with Crippen LogP contribution in [0.4, 0.5) is 10.8 Å². The molecule has 0 aromatic carbocycles. The first-order valence-corrected chi connectivity index (χ1v) is 12.1. The summed E-state index contributed by atoms with van der Waals surface area (Å²) >= 11 is 1.47. The maximum Gasteiger partial charge on any atom is 0.274 e. The number of hydrogen-bond acceptors (Lipinski definition) is 6. The summed E-state index contributed by atoms with van der Waals surface area (Å²) in [6, 6.07) is 12.1. The summed E-state index contributed by atoms with van der Waals surface area (Å²) in [5.41, 5.74) is 4.92. The zero-order valence-corrected chi connectivity index (χ0v) is 19.3. The highest BCUT2D eigenvalue weighted by Gasteiger charge is 2.28. The minimum atomic E-state index is -0.155. The SMILES string of the molecule is CCc1ccc(N2CCC[C@@H]2c2csc(NC(=O)c3cccn3Cc3ccncc3)n2)cn1. The van der Waals surface area contributed by atoms with Crippen molar-refractivity contribution in [3.63, 3.8) is 0 Å². The molecule has 4 aromatic rings. The number of nitrogens with zero attached hydrogens (tertiary/aromatic N) is 5. The maximum absolute atomic E-state index is 13.0. The minimum Gasteiger partial charge on any atom is -0.362 e. The molecular formula is C25H26N6OS. The lowest BCUT2D eigenvalue weighted by Crippen LogP contribution is -2.23. The molecule has 1 atom stereocenters. The highest BCUT2D eigenvalue weighted by Crippen LogP contribution is 2.37. The molecule has 0 unspecified atom stereocenters. The second-order valence-corrected chi connectivity index (χ2v) is 8.98. The van der Waals surface area contributed by atoms with Gasteiger partial charge in [-0.1, -0.05) is 6.92 Å². The summed E-state index contributed by atoms with van der Waals surface area (Å²) < 4.78 is 1.94. The van der Waals surface area contributed by atoms with E-state index in [-0.39, 0.29) is 11.9 Å². The van der Waals surface area contributed by atoms with Crippen LogP contribution in [-0.2, 0) is 13.0 Å². The first-order valence-electron chi connectivity index (χ1n) is 11.2. The third-order valence-corrected chi connectivity index (χ3v) is 6.78. The molecule has 1 saturated heterocycles.